The molecule has 0 atom stereocenters. The number of aromatic amines is 1. The summed E-state index contributed by atoms with van der Waals surface area (Å²) in [5.74, 6) is -0.961. The van der Waals surface area contributed by atoms with Gasteiger partial charge < -0.3 is 15.2 Å². The van der Waals surface area contributed by atoms with Gasteiger partial charge in [0.25, 0.3) is 0 Å². The van der Waals surface area contributed by atoms with Gasteiger partial charge in [0.05, 0.1) is 12.2 Å². The van der Waals surface area contributed by atoms with Gasteiger partial charge in [0.1, 0.15) is 0 Å². The molecule has 0 spiro atoms. The number of hydrogen-bond donors (Lipinski definition) is 3. The SMILES string of the molecule is O=C(O)c1ccc2[nH]cc(CO)c2c1. The summed E-state index contributed by atoms with van der Waals surface area (Å²) in [5.41, 5.74) is 1.77. The molecule has 3 N–H and O–H groups in total. The minimum absolute atomic E-state index is 0.0942. The molecule has 0 saturated heterocycles. The van der Waals surface area contributed by atoms with Crippen LogP contribution in [-0.4, -0.2) is 21.2 Å². The van der Waals surface area contributed by atoms with Crippen LogP contribution in [0.25, 0.3) is 10.9 Å². The molecule has 0 aliphatic heterocycles. The molecule has 0 bridgehead atoms. The van der Waals surface area contributed by atoms with Crippen LogP contribution in [0.5, 0.6) is 0 Å². The molecule has 2 aromatic rings. The van der Waals surface area contributed by atoms with E-state index in [0.29, 0.717) is 5.56 Å². The van der Waals surface area contributed by atoms with Crippen LogP contribution in [0, 0.1) is 0 Å². The average molecular weight is 191 g/mol. The predicted molar refractivity (Wildman–Crippen MR) is 51.2 cm³/mol. The lowest BCUT2D eigenvalue weighted by Crippen LogP contribution is -1.95. The quantitative estimate of drug-likeness (QED) is 0.671. The van der Waals surface area contributed by atoms with E-state index in [2.05, 4.69) is 4.98 Å². The number of nitrogens with one attached hydrogen (secondary N) is 1. The lowest BCUT2D eigenvalue weighted by molar-refractivity contribution is 0.0697. The Kier molecular flexibility index (Phi) is 1.98. The molecule has 1 heterocycles. The van der Waals surface area contributed by atoms with E-state index in [4.69, 9.17) is 10.2 Å². The summed E-state index contributed by atoms with van der Waals surface area (Å²) < 4.78 is 0. The molecule has 0 aliphatic rings. The Hall–Kier alpha value is -1.81. The number of aliphatic hydroxyl groups is 1. The first kappa shape index (κ1) is 8.77. The fraction of sp³-hybridized carbons (Fsp3) is 0.100. The van der Waals surface area contributed by atoms with Crippen LogP contribution in [0.4, 0.5) is 0 Å². The van der Waals surface area contributed by atoms with Gasteiger partial charge in [0, 0.05) is 22.7 Å². The molecule has 0 unspecified atom stereocenters. The first-order valence-corrected chi connectivity index (χ1v) is 4.16. The third-order valence-electron chi connectivity index (χ3n) is 2.18. The summed E-state index contributed by atoms with van der Waals surface area (Å²) in [4.78, 5) is 13.6. The maximum atomic E-state index is 10.7. The summed E-state index contributed by atoms with van der Waals surface area (Å²) >= 11 is 0. The van der Waals surface area contributed by atoms with Crippen LogP contribution in [0.1, 0.15) is 15.9 Å². The van der Waals surface area contributed by atoms with Gasteiger partial charge in [-0.2, -0.15) is 0 Å². The normalized spacial score (nSPS) is 10.6. The fourth-order valence-electron chi connectivity index (χ4n) is 1.44. The molecule has 4 nitrogen and oxygen atoms in total. The average Bonchev–Trinajstić information content (AvgIpc) is 2.59. The minimum atomic E-state index is -0.961. The Labute approximate surface area is 79.8 Å². The highest BCUT2D eigenvalue weighted by Gasteiger charge is 2.07. The highest BCUT2D eigenvalue weighted by molar-refractivity contribution is 5.94. The predicted octanol–water partition coefficient (Wildman–Crippen LogP) is 1.36. The van der Waals surface area contributed by atoms with Crippen molar-refractivity contribution < 1.29 is 15.0 Å². The van der Waals surface area contributed by atoms with E-state index in [1.165, 1.54) is 6.07 Å². The van der Waals surface area contributed by atoms with Gasteiger partial charge in [-0.3, -0.25) is 0 Å². The molecule has 1 aromatic carbocycles. The van der Waals surface area contributed by atoms with E-state index >= 15 is 0 Å². The smallest absolute Gasteiger partial charge is 0.335 e. The molecule has 0 aliphatic carbocycles. The van der Waals surface area contributed by atoms with E-state index in [1.54, 1.807) is 18.3 Å². The summed E-state index contributed by atoms with van der Waals surface area (Å²) in [5, 5.41) is 18.5. The standard InChI is InChI=1S/C10H9NO3/c12-5-7-4-11-9-2-1-6(10(13)14)3-8(7)9/h1-4,11-12H,5H2,(H,13,14). The van der Waals surface area contributed by atoms with Crippen molar-refractivity contribution >= 4 is 16.9 Å². The number of H-pyrrole nitrogens is 1. The molecule has 4 heteroatoms. The van der Waals surface area contributed by atoms with E-state index < -0.39 is 5.97 Å². The largest absolute Gasteiger partial charge is 0.478 e. The zero-order valence-electron chi connectivity index (χ0n) is 7.32. The number of fused-ring (bicyclic) bond motifs is 1. The van der Waals surface area contributed by atoms with Gasteiger partial charge in [-0.25, -0.2) is 4.79 Å². The Balaban J connectivity index is 2.67. The number of carbonyl (C=O) groups is 1. The monoisotopic (exact) mass is 191 g/mol. The number of carboxylic acids is 1. The van der Waals surface area contributed by atoms with E-state index in [9.17, 15) is 4.79 Å². The van der Waals surface area contributed by atoms with Gasteiger partial charge >= 0.3 is 5.97 Å². The van der Waals surface area contributed by atoms with Gasteiger partial charge in [0.2, 0.25) is 0 Å². The highest BCUT2D eigenvalue weighted by Crippen LogP contribution is 2.19. The zero-order valence-corrected chi connectivity index (χ0v) is 7.32. The number of rotatable bonds is 2. The second-order valence-electron chi connectivity index (χ2n) is 3.04. The second-order valence-corrected chi connectivity index (χ2v) is 3.04. The number of aromatic nitrogens is 1. The Morgan fingerprint density at radius 1 is 1.43 bits per heavy atom. The minimum Gasteiger partial charge on any atom is -0.478 e. The van der Waals surface area contributed by atoms with Crippen molar-refractivity contribution in [3.8, 4) is 0 Å². The summed E-state index contributed by atoms with van der Waals surface area (Å²) in [6.07, 6.45) is 1.68. The Morgan fingerprint density at radius 2 is 2.21 bits per heavy atom. The molecule has 14 heavy (non-hydrogen) atoms. The van der Waals surface area contributed by atoms with Crippen molar-refractivity contribution in [2.45, 2.75) is 6.61 Å². The molecule has 0 amide bonds. The van der Waals surface area contributed by atoms with Crippen molar-refractivity contribution in [1.29, 1.82) is 0 Å². The number of carboxylic acid groups (broad SMARTS) is 1. The van der Waals surface area contributed by atoms with Crippen molar-refractivity contribution in [2.75, 3.05) is 0 Å². The number of hydrogen-bond acceptors (Lipinski definition) is 2. The number of aliphatic hydroxyl groups excluding tert-OH is 1. The van der Waals surface area contributed by atoms with Crippen molar-refractivity contribution in [3.63, 3.8) is 0 Å². The summed E-state index contributed by atoms with van der Waals surface area (Å²) in [6.45, 7) is -0.0942. The molecule has 0 fully saturated rings. The lowest BCUT2D eigenvalue weighted by atomic mass is 10.1. The van der Waals surface area contributed by atoms with E-state index in [1.807, 2.05) is 0 Å². The molecule has 1 aromatic heterocycles. The third-order valence-corrected chi connectivity index (χ3v) is 2.18. The molecular formula is C10H9NO3. The first-order chi connectivity index (χ1) is 6.72. The van der Waals surface area contributed by atoms with E-state index in [0.717, 1.165) is 10.9 Å². The molecule has 72 valence electrons. The zero-order chi connectivity index (χ0) is 10.1. The highest BCUT2D eigenvalue weighted by atomic mass is 16.4. The van der Waals surface area contributed by atoms with Crippen LogP contribution in [0.3, 0.4) is 0 Å². The summed E-state index contributed by atoms with van der Waals surface area (Å²) in [6, 6.07) is 4.78. The fourth-order valence-corrected chi connectivity index (χ4v) is 1.44. The molecular weight excluding hydrogens is 182 g/mol. The van der Waals surface area contributed by atoms with Crippen LogP contribution < -0.4 is 0 Å². The topological polar surface area (TPSA) is 73.3 Å². The van der Waals surface area contributed by atoms with Crippen molar-refractivity contribution in [2.24, 2.45) is 0 Å². The maximum Gasteiger partial charge on any atom is 0.335 e. The van der Waals surface area contributed by atoms with E-state index in [-0.39, 0.29) is 12.2 Å². The van der Waals surface area contributed by atoms with Crippen LogP contribution >= 0.6 is 0 Å². The third kappa shape index (κ3) is 1.25. The van der Waals surface area contributed by atoms with Crippen LogP contribution in [0.15, 0.2) is 24.4 Å². The number of aromatic carboxylic acids is 1. The van der Waals surface area contributed by atoms with Gasteiger partial charge in [-0.05, 0) is 18.2 Å². The van der Waals surface area contributed by atoms with Gasteiger partial charge in [0.15, 0.2) is 0 Å². The Morgan fingerprint density at radius 3 is 2.86 bits per heavy atom. The summed E-state index contributed by atoms with van der Waals surface area (Å²) in [7, 11) is 0. The lowest BCUT2D eigenvalue weighted by Gasteiger charge is -1.96. The van der Waals surface area contributed by atoms with Crippen LogP contribution in [-0.2, 0) is 6.61 Å². The van der Waals surface area contributed by atoms with Crippen molar-refractivity contribution in [1.82, 2.24) is 4.98 Å². The van der Waals surface area contributed by atoms with Gasteiger partial charge in [-0.15, -0.1) is 0 Å². The molecule has 0 radical (unpaired) electrons. The molecule has 2 rings (SSSR count). The first-order valence-electron chi connectivity index (χ1n) is 4.16. The molecule has 0 saturated carbocycles. The van der Waals surface area contributed by atoms with Crippen molar-refractivity contribution in [3.05, 3.63) is 35.5 Å². The second kappa shape index (κ2) is 3.16. The Bertz CT molecular complexity index is 487. The van der Waals surface area contributed by atoms with Crippen LogP contribution in [0.2, 0.25) is 0 Å². The number of benzene rings is 1. The van der Waals surface area contributed by atoms with Gasteiger partial charge in [-0.1, -0.05) is 0 Å². The maximum absolute atomic E-state index is 10.7.